The SMILES string of the molecule is CN(C(=O)c1cn(C)c(=O)[nH]c1=O)C1CCSCC1. The molecule has 2 heterocycles. The first-order valence-electron chi connectivity index (χ1n) is 6.15. The number of carbonyl (C=O) groups excluding carboxylic acids is 1. The Morgan fingerprint density at radius 3 is 2.68 bits per heavy atom. The summed E-state index contributed by atoms with van der Waals surface area (Å²) in [6.07, 6.45) is 3.19. The van der Waals surface area contributed by atoms with Crippen LogP contribution in [0.2, 0.25) is 0 Å². The highest BCUT2D eigenvalue weighted by Gasteiger charge is 2.25. The van der Waals surface area contributed by atoms with E-state index < -0.39 is 11.2 Å². The first-order chi connectivity index (χ1) is 9.00. The molecule has 0 atom stereocenters. The van der Waals surface area contributed by atoms with Gasteiger partial charge in [0.1, 0.15) is 5.56 Å². The maximum atomic E-state index is 12.3. The number of aromatic nitrogens is 2. The molecule has 19 heavy (non-hydrogen) atoms. The Bertz CT molecular complexity index is 587. The molecule has 1 fully saturated rings. The third-order valence-electron chi connectivity index (χ3n) is 3.40. The molecule has 0 aromatic carbocycles. The summed E-state index contributed by atoms with van der Waals surface area (Å²) in [5, 5.41) is 0. The van der Waals surface area contributed by atoms with E-state index in [9.17, 15) is 14.4 Å². The van der Waals surface area contributed by atoms with Crippen LogP contribution in [0.25, 0.3) is 0 Å². The third-order valence-corrected chi connectivity index (χ3v) is 4.45. The molecular formula is C12H17N3O3S. The van der Waals surface area contributed by atoms with Gasteiger partial charge in [0.25, 0.3) is 11.5 Å². The normalized spacial score (nSPS) is 16.3. The standard InChI is InChI=1S/C12H17N3O3S/c1-14-7-9(10(16)13-12(14)18)11(17)15(2)8-3-5-19-6-4-8/h7-8H,3-6H2,1-2H3,(H,13,16,18). The maximum Gasteiger partial charge on any atom is 0.328 e. The Hall–Kier alpha value is -1.50. The highest BCUT2D eigenvalue weighted by atomic mass is 32.2. The van der Waals surface area contributed by atoms with Crippen LogP contribution in [0.1, 0.15) is 23.2 Å². The number of aromatic amines is 1. The van der Waals surface area contributed by atoms with Crippen LogP contribution in [0.3, 0.4) is 0 Å². The topological polar surface area (TPSA) is 75.2 Å². The smallest absolute Gasteiger partial charge is 0.328 e. The molecule has 1 amide bonds. The lowest BCUT2D eigenvalue weighted by Gasteiger charge is -2.30. The number of aryl methyl sites for hydroxylation is 1. The van der Waals surface area contributed by atoms with Crippen LogP contribution in [0.5, 0.6) is 0 Å². The van der Waals surface area contributed by atoms with Gasteiger partial charge in [0.15, 0.2) is 0 Å². The minimum Gasteiger partial charge on any atom is -0.338 e. The number of amides is 1. The van der Waals surface area contributed by atoms with E-state index in [1.54, 1.807) is 11.9 Å². The van der Waals surface area contributed by atoms with Crippen molar-refractivity contribution in [3.05, 3.63) is 32.6 Å². The molecule has 0 radical (unpaired) electrons. The van der Waals surface area contributed by atoms with Gasteiger partial charge in [-0.15, -0.1) is 0 Å². The lowest BCUT2D eigenvalue weighted by molar-refractivity contribution is 0.0720. The summed E-state index contributed by atoms with van der Waals surface area (Å²) in [6, 6.07) is 0.172. The molecule has 0 unspecified atom stereocenters. The van der Waals surface area contributed by atoms with Gasteiger partial charge in [-0.3, -0.25) is 14.6 Å². The molecule has 1 N–H and O–H groups in total. The molecule has 1 aliphatic heterocycles. The highest BCUT2D eigenvalue weighted by molar-refractivity contribution is 7.99. The van der Waals surface area contributed by atoms with Gasteiger partial charge in [-0.1, -0.05) is 0 Å². The summed E-state index contributed by atoms with van der Waals surface area (Å²) in [5.74, 6) is 1.74. The summed E-state index contributed by atoms with van der Waals surface area (Å²) >= 11 is 1.88. The molecule has 7 heteroatoms. The average molecular weight is 283 g/mol. The van der Waals surface area contributed by atoms with Crippen LogP contribution in [0, 0.1) is 0 Å². The van der Waals surface area contributed by atoms with Crippen molar-refractivity contribution in [1.29, 1.82) is 0 Å². The second-order valence-corrected chi connectivity index (χ2v) is 5.90. The molecule has 1 aromatic rings. The van der Waals surface area contributed by atoms with E-state index in [1.807, 2.05) is 11.8 Å². The van der Waals surface area contributed by atoms with Crippen LogP contribution >= 0.6 is 11.8 Å². The van der Waals surface area contributed by atoms with Crippen molar-refractivity contribution in [2.24, 2.45) is 7.05 Å². The van der Waals surface area contributed by atoms with Gasteiger partial charge < -0.3 is 9.47 Å². The van der Waals surface area contributed by atoms with Crippen LogP contribution in [-0.4, -0.2) is 45.0 Å². The fourth-order valence-corrected chi connectivity index (χ4v) is 3.23. The van der Waals surface area contributed by atoms with E-state index >= 15 is 0 Å². The van der Waals surface area contributed by atoms with Gasteiger partial charge >= 0.3 is 5.69 Å². The number of hydrogen-bond acceptors (Lipinski definition) is 4. The fraction of sp³-hybridized carbons (Fsp3) is 0.583. The number of nitrogens with one attached hydrogen (secondary N) is 1. The Morgan fingerprint density at radius 1 is 1.42 bits per heavy atom. The summed E-state index contributed by atoms with van der Waals surface area (Å²) in [6.45, 7) is 0. The monoisotopic (exact) mass is 283 g/mol. The van der Waals surface area contributed by atoms with Crippen molar-refractivity contribution in [2.75, 3.05) is 18.6 Å². The van der Waals surface area contributed by atoms with E-state index in [0.29, 0.717) is 0 Å². The van der Waals surface area contributed by atoms with Crippen molar-refractivity contribution >= 4 is 17.7 Å². The molecule has 104 valence electrons. The van der Waals surface area contributed by atoms with Gasteiger partial charge in [0, 0.05) is 26.3 Å². The second-order valence-electron chi connectivity index (χ2n) is 4.67. The van der Waals surface area contributed by atoms with Gasteiger partial charge in [-0.25, -0.2) is 4.79 Å². The molecule has 0 aliphatic carbocycles. The molecule has 0 bridgehead atoms. The third kappa shape index (κ3) is 2.91. The van der Waals surface area contributed by atoms with Crippen LogP contribution in [0.4, 0.5) is 0 Å². The zero-order chi connectivity index (χ0) is 14.0. The predicted octanol–water partition coefficient (Wildman–Crippen LogP) is 0.0412. The highest BCUT2D eigenvalue weighted by Crippen LogP contribution is 2.21. The maximum absolute atomic E-state index is 12.3. The number of thioether (sulfide) groups is 1. The molecule has 6 nitrogen and oxygen atoms in total. The average Bonchev–Trinajstić information content (AvgIpc) is 2.42. The van der Waals surface area contributed by atoms with Crippen molar-refractivity contribution in [3.8, 4) is 0 Å². The lowest BCUT2D eigenvalue weighted by Crippen LogP contribution is -2.43. The van der Waals surface area contributed by atoms with E-state index in [0.717, 1.165) is 24.3 Å². The summed E-state index contributed by atoms with van der Waals surface area (Å²) in [7, 11) is 3.22. The van der Waals surface area contributed by atoms with Crippen LogP contribution in [-0.2, 0) is 7.05 Å². The lowest BCUT2D eigenvalue weighted by atomic mass is 10.1. The van der Waals surface area contributed by atoms with Crippen LogP contribution in [0.15, 0.2) is 15.8 Å². The zero-order valence-corrected chi connectivity index (χ0v) is 11.8. The first kappa shape index (κ1) is 13.9. The molecule has 2 rings (SSSR count). The predicted molar refractivity (Wildman–Crippen MR) is 74.7 cm³/mol. The molecule has 1 aromatic heterocycles. The Balaban J connectivity index is 2.26. The van der Waals surface area contributed by atoms with E-state index in [4.69, 9.17) is 0 Å². The Kier molecular flexibility index (Phi) is 4.14. The minimum atomic E-state index is -0.620. The minimum absolute atomic E-state index is 0.0165. The molecule has 1 aliphatic rings. The van der Waals surface area contributed by atoms with E-state index in [1.165, 1.54) is 17.8 Å². The number of hydrogen-bond donors (Lipinski definition) is 1. The molecular weight excluding hydrogens is 266 g/mol. The van der Waals surface area contributed by atoms with E-state index in [2.05, 4.69) is 4.98 Å². The largest absolute Gasteiger partial charge is 0.338 e. The molecule has 0 spiro atoms. The fourth-order valence-electron chi connectivity index (χ4n) is 2.14. The second kappa shape index (κ2) is 5.64. The van der Waals surface area contributed by atoms with Gasteiger partial charge in [-0.2, -0.15) is 11.8 Å². The van der Waals surface area contributed by atoms with Crippen molar-refractivity contribution in [2.45, 2.75) is 18.9 Å². The quantitative estimate of drug-likeness (QED) is 0.831. The summed E-state index contributed by atoms with van der Waals surface area (Å²) in [4.78, 5) is 39.0. The molecule has 0 saturated carbocycles. The zero-order valence-electron chi connectivity index (χ0n) is 11.0. The Morgan fingerprint density at radius 2 is 2.05 bits per heavy atom. The Labute approximate surface area is 114 Å². The van der Waals surface area contributed by atoms with E-state index in [-0.39, 0.29) is 17.5 Å². The van der Waals surface area contributed by atoms with Gasteiger partial charge in [-0.05, 0) is 24.3 Å². The number of H-pyrrole nitrogens is 1. The number of nitrogens with zero attached hydrogens (tertiary/aromatic N) is 2. The number of carbonyl (C=O) groups is 1. The van der Waals surface area contributed by atoms with Crippen LogP contribution < -0.4 is 11.2 Å². The van der Waals surface area contributed by atoms with Gasteiger partial charge in [0.05, 0.1) is 0 Å². The summed E-state index contributed by atoms with van der Waals surface area (Å²) < 4.78 is 1.21. The molecule has 1 saturated heterocycles. The van der Waals surface area contributed by atoms with Crippen molar-refractivity contribution in [3.63, 3.8) is 0 Å². The number of rotatable bonds is 2. The van der Waals surface area contributed by atoms with Crippen molar-refractivity contribution < 1.29 is 4.79 Å². The summed E-state index contributed by atoms with van der Waals surface area (Å²) in [5.41, 5.74) is -1.12. The van der Waals surface area contributed by atoms with Crippen molar-refractivity contribution in [1.82, 2.24) is 14.5 Å². The first-order valence-corrected chi connectivity index (χ1v) is 7.31. The van der Waals surface area contributed by atoms with Gasteiger partial charge in [0.2, 0.25) is 0 Å².